The molecular weight excluding hydrogens is 335 g/mol. The second-order valence-electron chi connectivity index (χ2n) is 4.42. The van der Waals surface area contributed by atoms with E-state index in [0.29, 0.717) is 0 Å². The van der Waals surface area contributed by atoms with Gasteiger partial charge in [-0.25, -0.2) is 0 Å². The average molecular weight is 352 g/mol. The highest BCUT2D eigenvalue weighted by atomic mass is 127. The molecule has 0 aromatic heterocycles. The van der Waals surface area contributed by atoms with Gasteiger partial charge in [0.2, 0.25) is 0 Å². The SMILES string of the molecule is CN(C)c1ccc(CNc2ccc(I)cc2)cc1. The molecule has 2 rings (SSSR count). The van der Waals surface area contributed by atoms with Crippen molar-refractivity contribution in [3.8, 4) is 0 Å². The Morgan fingerprint density at radius 3 is 2.11 bits per heavy atom. The molecular formula is C15H17IN2. The lowest BCUT2D eigenvalue weighted by molar-refractivity contribution is 1.11. The lowest BCUT2D eigenvalue weighted by Gasteiger charge is -2.13. The first kappa shape index (κ1) is 13.2. The molecule has 0 amide bonds. The summed E-state index contributed by atoms with van der Waals surface area (Å²) in [6.07, 6.45) is 0. The normalized spacial score (nSPS) is 10.2. The van der Waals surface area contributed by atoms with Crippen molar-refractivity contribution >= 4 is 34.0 Å². The van der Waals surface area contributed by atoms with E-state index in [1.165, 1.54) is 14.8 Å². The second-order valence-corrected chi connectivity index (χ2v) is 5.67. The zero-order chi connectivity index (χ0) is 13.0. The largest absolute Gasteiger partial charge is 0.381 e. The van der Waals surface area contributed by atoms with Gasteiger partial charge in [0, 0.05) is 35.6 Å². The molecule has 18 heavy (non-hydrogen) atoms. The Morgan fingerprint density at radius 2 is 1.56 bits per heavy atom. The summed E-state index contributed by atoms with van der Waals surface area (Å²) in [4.78, 5) is 2.11. The Morgan fingerprint density at radius 1 is 0.944 bits per heavy atom. The summed E-state index contributed by atoms with van der Waals surface area (Å²) in [6, 6.07) is 17.0. The summed E-state index contributed by atoms with van der Waals surface area (Å²) in [6.45, 7) is 0.855. The Hall–Kier alpha value is -1.23. The van der Waals surface area contributed by atoms with Crippen LogP contribution < -0.4 is 10.2 Å². The van der Waals surface area contributed by atoms with Gasteiger partial charge in [-0.05, 0) is 64.6 Å². The smallest absolute Gasteiger partial charge is 0.0400 e. The quantitative estimate of drug-likeness (QED) is 0.838. The molecule has 0 saturated heterocycles. The number of halogens is 1. The number of hydrogen-bond donors (Lipinski definition) is 1. The summed E-state index contributed by atoms with van der Waals surface area (Å²) < 4.78 is 1.26. The Kier molecular flexibility index (Phi) is 4.47. The third-order valence-electron chi connectivity index (χ3n) is 2.79. The third-order valence-corrected chi connectivity index (χ3v) is 3.51. The van der Waals surface area contributed by atoms with E-state index in [4.69, 9.17) is 0 Å². The van der Waals surface area contributed by atoms with Crippen LogP contribution in [-0.2, 0) is 6.54 Å². The van der Waals surface area contributed by atoms with Gasteiger partial charge in [0.05, 0.1) is 0 Å². The molecule has 0 aliphatic rings. The Bertz CT molecular complexity index is 489. The van der Waals surface area contributed by atoms with E-state index in [2.05, 4.69) is 95.4 Å². The van der Waals surface area contributed by atoms with E-state index < -0.39 is 0 Å². The van der Waals surface area contributed by atoms with Gasteiger partial charge in [-0.15, -0.1) is 0 Å². The van der Waals surface area contributed by atoms with Crippen LogP contribution in [0.4, 0.5) is 11.4 Å². The molecule has 0 bridgehead atoms. The minimum atomic E-state index is 0.855. The Labute approximate surface area is 122 Å². The number of nitrogens with one attached hydrogen (secondary N) is 1. The molecule has 3 heteroatoms. The fraction of sp³-hybridized carbons (Fsp3) is 0.200. The van der Waals surface area contributed by atoms with E-state index in [0.717, 1.165) is 12.2 Å². The van der Waals surface area contributed by atoms with Crippen molar-refractivity contribution in [2.24, 2.45) is 0 Å². The number of anilines is 2. The Balaban J connectivity index is 1.95. The molecule has 0 aliphatic carbocycles. The zero-order valence-corrected chi connectivity index (χ0v) is 12.8. The predicted octanol–water partition coefficient (Wildman–Crippen LogP) is 3.97. The van der Waals surface area contributed by atoms with Crippen molar-refractivity contribution < 1.29 is 0 Å². The molecule has 0 atom stereocenters. The summed E-state index contributed by atoms with van der Waals surface area (Å²) in [5, 5.41) is 3.42. The highest BCUT2D eigenvalue weighted by molar-refractivity contribution is 14.1. The summed E-state index contributed by atoms with van der Waals surface area (Å²) in [5.74, 6) is 0. The maximum absolute atomic E-state index is 3.42. The first-order valence-corrected chi connectivity index (χ1v) is 6.99. The van der Waals surface area contributed by atoms with Gasteiger partial charge in [0.15, 0.2) is 0 Å². The standard InChI is InChI=1S/C15H17IN2/c1-18(2)15-9-3-12(4-10-15)11-17-14-7-5-13(16)6-8-14/h3-10,17H,11H2,1-2H3. The van der Waals surface area contributed by atoms with E-state index in [9.17, 15) is 0 Å². The number of benzene rings is 2. The van der Waals surface area contributed by atoms with Crippen LogP contribution in [0.3, 0.4) is 0 Å². The van der Waals surface area contributed by atoms with Gasteiger partial charge >= 0.3 is 0 Å². The van der Waals surface area contributed by atoms with Crippen molar-refractivity contribution in [1.29, 1.82) is 0 Å². The van der Waals surface area contributed by atoms with Gasteiger partial charge in [0.1, 0.15) is 0 Å². The molecule has 2 aromatic carbocycles. The summed E-state index contributed by atoms with van der Waals surface area (Å²) in [7, 11) is 4.11. The maximum Gasteiger partial charge on any atom is 0.0400 e. The number of rotatable bonds is 4. The zero-order valence-electron chi connectivity index (χ0n) is 10.7. The lowest BCUT2D eigenvalue weighted by atomic mass is 10.2. The van der Waals surface area contributed by atoms with E-state index in [-0.39, 0.29) is 0 Å². The van der Waals surface area contributed by atoms with E-state index in [1.807, 2.05) is 0 Å². The molecule has 2 nitrogen and oxygen atoms in total. The molecule has 0 saturated carbocycles. The number of hydrogen-bond acceptors (Lipinski definition) is 2. The van der Waals surface area contributed by atoms with Crippen LogP contribution in [-0.4, -0.2) is 14.1 Å². The minimum Gasteiger partial charge on any atom is -0.381 e. The van der Waals surface area contributed by atoms with E-state index in [1.54, 1.807) is 0 Å². The minimum absolute atomic E-state index is 0.855. The molecule has 0 heterocycles. The van der Waals surface area contributed by atoms with Crippen LogP contribution in [0, 0.1) is 3.57 Å². The van der Waals surface area contributed by atoms with Crippen LogP contribution >= 0.6 is 22.6 Å². The van der Waals surface area contributed by atoms with Crippen molar-refractivity contribution in [2.45, 2.75) is 6.54 Å². The van der Waals surface area contributed by atoms with Crippen molar-refractivity contribution in [3.05, 3.63) is 57.7 Å². The van der Waals surface area contributed by atoms with E-state index >= 15 is 0 Å². The lowest BCUT2D eigenvalue weighted by Crippen LogP contribution is -2.08. The molecule has 1 N–H and O–H groups in total. The van der Waals surface area contributed by atoms with Crippen molar-refractivity contribution in [2.75, 3.05) is 24.3 Å². The molecule has 2 aromatic rings. The van der Waals surface area contributed by atoms with Crippen LogP contribution in [0.2, 0.25) is 0 Å². The van der Waals surface area contributed by atoms with Gasteiger partial charge in [-0.3, -0.25) is 0 Å². The van der Waals surface area contributed by atoms with Crippen LogP contribution in [0.5, 0.6) is 0 Å². The summed E-state index contributed by atoms with van der Waals surface area (Å²) >= 11 is 2.31. The fourth-order valence-electron chi connectivity index (χ4n) is 1.68. The van der Waals surface area contributed by atoms with Crippen molar-refractivity contribution in [1.82, 2.24) is 0 Å². The van der Waals surface area contributed by atoms with Gasteiger partial charge < -0.3 is 10.2 Å². The second kappa shape index (κ2) is 6.09. The highest BCUT2D eigenvalue weighted by Gasteiger charge is 1.97. The average Bonchev–Trinajstić information content (AvgIpc) is 2.38. The highest BCUT2D eigenvalue weighted by Crippen LogP contribution is 2.15. The molecule has 0 spiro atoms. The van der Waals surface area contributed by atoms with Gasteiger partial charge in [-0.1, -0.05) is 12.1 Å². The van der Waals surface area contributed by atoms with Crippen LogP contribution in [0.25, 0.3) is 0 Å². The monoisotopic (exact) mass is 352 g/mol. The predicted molar refractivity (Wildman–Crippen MR) is 87.3 cm³/mol. The topological polar surface area (TPSA) is 15.3 Å². The molecule has 94 valence electrons. The molecule has 0 fully saturated rings. The third kappa shape index (κ3) is 3.63. The van der Waals surface area contributed by atoms with Crippen LogP contribution in [0.1, 0.15) is 5.56 Å². The van der Waals surface area contributed by atoms with Gasteiger partial charge in [-0.2, -0.15) is 0 Å². The fourth-order valence-corrected chi connectivity index (χ4v) is 2.04. The molecule has 0 unspecified atom stereocenters. The summed E-state index contributed by atoms with van der Waals surface area (Å²) in [5.41, 5.74) is 3.68. The molecule has 0 radical (unpaired) electrons. The van der Waals surface area contributed by atoms with Crippen molar-refractivity contribution in [3.63, 3.8) is 0 Å². The van der Waals surface area contributed by atoms with Crippen LogP contribution in [0.15, 0.2) is 48.5 Å². The maximum atomic E-state index is 3.42. The first-order chi connectivity index (χ1) is 8.65. The van der Waals surface area contributed by atoms with Gasteiger partial charge in [0.25, 0.3) is 0 Å². The first-order valence-electron chi connectivity index (χ1n) is 5.91. The number of nitrogens with zero attached hydrogens (tertiary/aromatic N) is 1. The molecule has 0 aliphatic heterocycles.